The quantitative estimate of drug-likeness (QED) is 0.149. The van der Waals surface area contributed by atoms with Gasteiger partial charge in [0.1, 0.15) is 5.82 Å². The van der Waals surface area contributed by atoms with Crippen LogP contribution in [0.15, 0.2) is 225 Å². The molecule has 0 radical (unpaired) electrons. The number of hydrogen-bond donors (Lipinski definition) is 0. The van der Waals surface area contributed by atoms with Crippen LogP contribution in [0.2, 0.25) is 0 Å². The van der Waals surface area contributed by atoms with E-state index in [1.807, 2.05) is 18.3 Å². The molecular weight excluding hydrogens is 1120 g/mol. The van der Waals surface area contributed by atoms with Gasteiger partial charge < -0.3 is 23.7 Å². The third kappa shape index (κ3) is 7.36. The summed E-state index contributed by atoms with van der Waals surface area (Å²) in [6.07, 6.45) is 3.72. The van der Waals surface area contributed by atoms with Crippen LogP contribution in [0.1, 0.15) is 26.3 Å². The molecule has 0 unspecified atom stereocenters. The summed E-state index contributed by atoms with van der Waals surface area (Å²) in [4.78, 5) is 14.4. The number of benzene rings is 9. The molecule has 0 spiro atoms. The third-order valence-corrected chi connectivity index (χ3v) is 15.2. The fourth-order valence-electron chi connectivity index (χ4n) is 11.8. The van der Waals surface area contributed by atoms with E-state index >= 15 is 0 Å². The van der Waals surface area contributed by atoms with Gasteiger partial charge in [0, 0.05) is 94.4 Å². The van der Waals surface area contributed by atoms with Gasteiger partial charge in [-0.25, -0.2) is 4.98 Å². The molecule has 0 atom stereocenters. The second-order valence-corrected chi connectivity index (χ2v) is 20.7. The van der Waals surface area contributed by atoms with Gasteiger partial charge in [0.15, 0.2) is 0 Å². The Bertz CT molecular complexity index is 4420. The number of aromatic nitrogens is 4. The van der Waals surface area contributed by atoms with Crippen molar-refractivity contribution in [2.75, 3.05) is 9.80 Å². The Balaban J connectivity index is 0.00000540. The van der Waals surface area contributed by atoms with Crippen molar-refractivity contribution in [3.63, 3.8) is 0 Å². The maximum Gasteiger partial charge on any atom is 0.135 e. The smallest absolute Gasteiger partial charge is 0.135 e. The van der Waals surface area contributed by atoms with Crippen molar-refractivity contribution in [3.05, 3.63) is 249 Å². The molecule has 0 fully saturated rings. The number of anilines is 4. The second kappa shape index (κ2) is 18.1. The van der Waals surface area contributed by atoms with Crippen molar-refractivity contribution in [1.29, 1.82) is 0 Å². The van der Waals surface area contributed by atoms with Gasteiger partial charge in [-0.3, -0.25) is 4.98 Å². The van der Waals surface area contributed by atoms with Gasteiger partial charge in [-0.1, -0.05) is 184 Å². The van der Waals surface area contributed by atoms with E-state index in [2.05, 4.69) is 259 Å². The SMILES string of the molecule is CC(C)(C)c1ccnc(-n2c3[c-]c(Oc4[c-]c(N5[CH-]N(c6c(-c7ccccc7)cccc6-c6ccccc6)c6ccccc65)ncc4)ccc3c3c4c(ccc32)-n2c3ccccc3c3cccc(c32)-c2ccccc2-4)c1.[Pt]. The second-order valence-electron chi connectivity index (χ2n) is 20.7. The predicted octanol–water partition coefficient (Wildman–Crippen LogP) is 17.7. The van der Waals surface area contributed by atoms with Crippen LogP contribution in [0, 0.1) is 18.8 Å². The van der Waals surface area contributed by atoms with E-state index in [9.17, 15) is 0 Å². The maximum atomic E-state index is 6.87. The summed E-state index contributed by atoms with van der Waals surface area (Å²) in [6.45, 7) is 8.85. The zero-order chi connectivity index (χ0) is 50.6. The number of ether oxygens (including phenoxy) is 1. The van der Waals surface area contributed by atoms with E-state index in [0.717, 1.165) is 78.2 Å². The molecule has 7 nitrogen and oxygen atoms in total. The number of pyridine rings is 2. The normalized spacial score (nSPS) is 12.7. The Morgan fingerprint density at radius 3 is 1.86 bits per heavy atom. The first-order valence-electron chi connectivity index (χ1n) is 25.8. The topological polar surface area (TPSA) is 51.4 Å². The fourth-order valence-corrected chi connectivity index (χ4v) is 11.8. The standard InChI is InChI=1S/C69H47N6O.Pt/c1-69(2,3)46-36-38-71-64(40-46)74-60-34-35-61-65(53-24-11-10-22-51(53)54-27-17-28-55-52-23-12-13-29-57(52)75(61)68(54)55)66(60)56-33-32-47(41-62(56)74)76-48-37-39-70-63(42-48)72-43-73(59-31-15-14-30-58(59)72)67-49(44-18-6-4-7-19-44)25-16-26-50(67)45-20-8-5-9-21-45;/h4-40,43H,1-3H3;/q-3;. The van der Waals surface area contributed by atoms with Crippen molar-refractivity contribution in [2.24, 2.45) is 0 Å². The molecule has 2 aliphatic heterocycles. The summed E-state index contributed by atoms with van der Waals surface area (Å²) in [7, 11) is 0. The van der Waals surface area contributed by atoms with Gasteiger partial charge in [-0.05, 0) is 86.8 Å². The number of fused-ring (bicyclic) bond motifs is 13. The minimum absolute atomic E-state index is 0. The average molecular weight is 1170 g/mol. The third-order valence-electron chi connectivity index (χ3n) is 15.2. The molecule has 372 valence electrons. The van der Waals surface area contributed by atoms with Crippen LogP contribution in [0.4, 0.5) is 22.9 Å². The Morgan fingerprint density at radius 1 is 0.468 bits per heavy atom. The van der Waals surface area contributed by atoms with E-state index in [4.69, 9.17) is 14.7 Å². The number of rotatable bonds is 7. The number of hydrogen-bond acceptors (Lipinski definition) is 5. The van der Waals surface area contributed by atoms with Crippen molar-refractivity contribution >= 4 is 66.5 Å². The minimum Gasteiger partial charge on any atom is -0.521 e. The van der Waals surface area contributed by atoms with Crippen LogP contribution < -0.4 is 14.5 Å². The van der Waals surface area contributed by atoms with Crippen molar-refractivity contribution < 1.29 is 25.8 Å². The average Bonchev–Trinajstić information content (AvgIpc) is 4.29. The summed E-state index contributed by atoms with van der Waals surface area (Å²) >= 11 is 0. The fraction of sp³-hybridized carbons (Fsp3) is 0.0580. The van der Waals surface area contributed by atoms with Gasteiger partial charge in [0.05, 0.1) is 16.7 Å². The van der Waals surface area contributed by atoms with Crippen LogP contribution in [0.3, 0.4) is 0 Å². The van der Waals surface area contributed by atoms with E-state index in [1.54, 1.807) is 6.20 Å². The molecule has 9 aromatic carbocycles. The van der Waals surface area contributed by atoms with Crippen LogP contribution in [0.25, 0.3) is 99.6 Å². The molecule has 0 saturated heterocycles. The predicted molar refractivity (Wildman–Crippen MR) is 310 cm³/mol. The number of para-hydroxylation sites is 5. The Kier molecular flexibility index (Phi) is 10.9. The monoisotopic (exact) mass is 1170 g/mol. The van der Waals surface area contributed by atoms with E-state index < -0.39 is 0 Å². The molecule has 6 heterocycles. The Morgan fingerprint density at radius 2 is 1.09 bits per heavy atom. The van der Waals surface area contributed by atoms with Gasteiger partial charge in [0.2, 0.25) is 0 Å². The first-order chi connectivity index (χ1) is 37.4. The van der Waals surface area contributed by atoms with E-state index in [1.165, 1.54) is 44.1 Å². The maximum absolute atomic E-state index is 6.87. The Hall–Kier alpha value is -9.03. The first-order valence-corrected chi connectivity index (χ1v) is 25.8. The minimum atomic E-state index is -0.105. The summed E-state index contributed by atoms with van der Waals surface area (Å²) in [5.41, 5.74) is 18.8. The van der Waals surface area contributed by atoms with Gasteiger partial charge in [0.25, 0.3) is 0 Å². The molecule has 0 amide bonds. The van der Waals surface area contributed by atoms with Crippen molar-refractivity contribution in [3.8, 4) is 67.5 Å². The summed E-state index contributed by atoms with van der Waals surface area (Å²) < 4.78 is 11.6. The summed E-state index contributed by atoms with van der Waals surface area (Å²) in [5.74, 6) is 2.47. The molecule has 15 rings (SSSR count). The largest absolute Gasteiger partial charge is 0.521 e. The molecule has 8 heteroatoms. The molecule has 0 N–H and O–H groups in total. The molecule has 4 aromatic heterocycles. The number of nitrogens with zero attached hydrogens (tertiary/aromatic N) is 6. The van der Waals surface area contributed by atoms with Crippen LogP contribution in [-0.4, -0.2) is 19.1 Å². The molecule has 2 aliphatic rings. The van der Waals surface area contributed by atoms with Crippen molar-refractivity contribution in [1.82, 2.24) is 19.1 Å². The molecule has 77 heavy (non-hydrogen) atoms. The van der Waals surface area contributed by atoms with Crippen LogP contribution in [0.5, 0.6) is 11.5 Å². The molecule has 13 aromatic rings. The first kappa shape index (κ1) is 46.5. The summed E-state index contributed by atoms with van der Waals surface area (Å²) in [6, 6.07) is 82.9. The zero-order valence-electron chi connectivity index (χ0n) is 42.3. The van der Waals surface area contributed by atoms with Gasteiger partial charge in [-0.15, -0.1) is 24.2 Å². The van der Waals surface area contributed by atoms with Gasteiger partial charge >= 0.3 is 0 Å². The van der Waals surface area contributed by atoms with E-state index in [-0.39, 0.29) is 26.5 Å². The van der Waals surface area contributed by atoms with Crippen LogP contribution in [-0.2, 0) is 26.5 Å². The summed E-state index contributed by atoms with van der Waals surface area (Å²) in [5, 5.41) is 4.64. The Labute approximate surface area is 461 Å². The molecule has 0 saturated carbocycles. The van der Waals surface area contributed by atoms with Crippen molar-refractivity contribution in [2.45, 2.75) is 26.2 Å². The molecule has 0 bridgehead atoms. The van der Waals surface area contributed by atoms with Crippen LogP contribution >= 0.6 is 0 Å². The molecule has 0 aliphatic carbocycles. The van der Waals surface area contributed by atoms with E-state index in [0.29, 0.717) is 17.3 Å². The van der Waals surface area contributed by atoms with Gasteiger partial charge in [-0.2, -0.15) is 18.2 Å². The zero-order valence-corrected chi connectivity index (χ0v) is 44.6. The molecular formula is C69H47N6OPt-3.